The van der Waals surface area contributed by atoms with E-state index in [4.69, 9.17) is 5.26 Å². The van der Waals surface area contributed by atoms with E-state index < -0.39 is 10.2 Å². The zero-order chi connectivity index (χ0) is 13.7. The molecule has 0 unspecified atom stereocenters. The first-order chi connectivity index (χ1) is 9.13. The lowest BCUT2D eigenvalue weighted by atomic mass is 10.2. The first-order valence-corrected chi connectivity index (χ1v) is 7.84. The third-order valence-electron chi connectivity index (χ3n) is 3.19. The quantitative estimate of drug-likeness (QED) is 0.920. The second-order valence-corrected chi connectivity index (χ2v) is 6.25. The summed E-state index contributed by atoms with van der Waals surface area (Å²) in [4.78, 5) is 0. The van der Waals surface area contributed by atoms with Crippen molar-refractivity contribution in [1.82, 2.24) is 4.31 Å². The van der Waals surface area contributed by atoms with Gasteiger partial charge in [-0.15, -0.1) is 0 Å². The largest absolute Gasteiger partial charge is 0.301 e. The van der Waals surface area contributed by atoms with Crippen LogP contribution in [-0.2, 0) is 10.2 Å². The van der Waals surface area contributed by atoms with Gasteiger partial charge in [-0.3, -0.25) is 4.72 Å². The normalized spacial score (nSPS) is 17.4. The maximum absolute atomic E-state index is 12.3. The summed E-state index contributed by atoms with van der Waals surface area (Å²) in [6, 6.07) is 8.61. The summed E-state index contributed by atoms with van der Waals surface area (Å²) >= 11 is 0. The molecule has 1 aliphatic rings. The average Bonchev–Trinajstić information content (AvgIpc) is 2.68. The van der Waals surface area contributed by atoms with Crippen molar-refractivity contribution in [2.75, 3.05) is 17.8 Å². The van der Waals surface area contributed by atoms with E-state index in [1.807, 2.05) is 6.07 Å². The molecule has 1 N–H and O–H groups in total. The molecule has 1 heterocycles. The van der Waals surface area contributed by atoms with Crippen LogP contribution in [-0.4, -0.2) is 25.8 Å². The lowest BCUT2D eigenvalue weighted by molar-refractivity contribution is 0.427. The van der Waals surface area contributed by atoms with Crippen molar-refractivity contribution in [2.24, 2.45) is 0 Å². The molecule has 5 nitrogen and oxygen atoms in total. The fourth-order valence-corrected chi connectivity index (χ4v) is 3.48. The second kappa shape index (κ2) is 6.04. The van der Waals surface area contributed by atoms with Crippen LogP contribution >= 0.6 is 0 Å². The molecule has 1 aromatic carbocycles. The van der Waals surface area contributed by atoms with Gasteiger partial charge in [-0.2, -0.15) is 18.0 Å². The summed E-state index contributed by atoms with van der Waals surface area (Å²) in [5, 5.41) is 8.97. The second-order valence-electron chi connectivity index (χ2n) is 4.58. The fraction of sp³-hybridized carbons (Fsp3) is 0.462. The Bertz CT molecular complexity index is 570. The molecule has 1 aliphatic heterocycles. The molecule has 1 fully saturated rings. The zero-order valence-electron chi connectivity index (χ0n) is 10.7. The van der Waals surface area contributed by atoms with Gasteiger partial charge in [0.25, 0.3) is 0 Å². The lowest BCUT2D eigenvalue weighted by Gasteiger charge is -2.21. The first-order valence-electron chi connectivity index (χ1n) is 6.40. The molecule has 6 heteroatoms. The van der Waals surface area contributed by atoms with Crippen LogP contribution in [0.25, 0.3) is 0 Å². The van der Waals surface area contributed by atoms with Crippen LogP contribution in [0.2, 0.25) is 0 Å². The molecule has 0 saturated carbocycles. The minimum absolute atomic E-state index is 0.334. The van der Waals surface area contributed by atoms with Gasteiger partial charge >= 0.3 is 10.2 Å². The zero-order valence-corrected chi connectivity index (χ0v) is 11.5. The third-order valence-corrected chi connectivity index (χ3v) is 4.71. The highest BCUT2D eigenvalue weighted by molar-refractivity contribution is 7.90. The molecule has 0 spiro atoms. The molecule has 102 valence electrons. The van der Waals surface area contributed by atoms with Crippen molar-refractivity contribution in [2.45, 2.75) is 25.7 Å². The fourth-order valence-electron chi connectivity index (χ4n) is 2.16. The van der Waals surface area contributed by atoms with E-state index in [0.717, 1.165) is 25.7 Å². The minimum atomic E-state index is -3.56. The van der Waals surface area contributed by atoms with Crippen molar-refractivity contribution >= 4 is 15.9 Å². The predicted molar refractivity (Wildman–Crippen MR) is 73.7 cm³/mol. The molecule has 0 bridgehead atoms. The minimum Gasteiger partial charge on any atom is -0.270 e. The van der Waals surface area contributed by atoms with E-state index in [1.54, 1.807) is 24.3 Å². The Morgan fingerprint density at radius 3 is 2.37 bits per heavy atom. The first kappa shape index (κ1) is 13.8. The van der Waals surface area contributed by atoms with Gasteiger partial charge in [-0.25, -0.2) is 0 Å². The Labute approximate surface area is 114 Å². The SMILES string of the molecule is N#Cc1ccccc1NS(=O)(=O)N1CCCCCC1. The summed E-state index contributed by atoms with van der Waals surface area (Å²) < 4.78 is 28.5. The maximum Gasteiger partial charge on any atom is 0.301 e. The van der Waals surface area contributed by atoms with E-state index in [2.05, 4.69) is 4.72 Å². The van der Waals surface area contributed by atoms with Gasteiger partial charge in [0.05, 0.1) is 11.3 Å². The van der Waals surface area contributed by atoms with E-state index in [1.165, 1.54) is 4.31 Å². The number of hydrogen-bond acceptors (Lipinski definition) is 3. The molecule has 0 radical (unpaired) electrons. The third kappa shape index (κ3) is 3.46. The number of anilines is 1. The van der Waals surface area contributed by atoms with Crippen molar-refractivity contribution in [3.05, 3.63) is 29.8 Å². The molecular formula is C13H17N3O2S. The van der Waals surface area contributed by atoms with Gasteiger partial charge < -0.3 is 0 Å². The highest BCUT2D eigenvalue weighted by Gasteiger charge is 2.23. The lowest BCUT2D eigenvalue weighted by Crippen LogP contribution is -2.36. The number of nitriles is 1. The molecule has 0 aromatic heterocycles. The van der Waals surface area contributed by atoms with Crippen molar-refractivity contribution in [1.29, 1.82) is 5.26 Å². The van der Waals surface area contributed by atoms with Crippen molar-refractivity contribution in [3.8, 4) is 6.07 Å². The maximum atomic E-state index is 12.3. The average molecular weight is 279 g/mol. The monoisotopic (exact) mass is 279 g/mol. The van der Waals surface area contributed by atoms with E-state index in [-0.39, 0.29) is 0 Å². The molecule has 2 rings (SSSR count). The Morgan fingerprint density at radius 1 is 1.11 bits per heavy atom. The molecule has 1 aromatic rings. The van der Waals surface area contributed by atoms with Gasteiger partial charge in [-0.05, 0) is 25.0 Å². The molecule has 19 heavy (non-hydrogen) atoms. The summed E-state index contributed by atoms with van der Waals surface area (Å²) in [6.07, 6.45) is 3.92. The molecule has 1 saturated heterocycles. The summed E-state index contributed by atoms with van der Waals surface area (Å²) in [5.74, 6) is 0. The smallest absolute Gasteiger partial charge is 0.270 e. The Kier molecular flexibility index (Phi) is 4.40. The highest BCUT2D eigenvalue weighted by atomic mass is 32.2. The van der Waals surface area contributed by atoms with Crippen LogP contribution in [0.1, 0.15) is 31.2 Å². The molecular weight excluding hydrogens is 262 g/mol. The van der Waals surface area contributed by atoms with Gasteiger partial charge in [0, 0.05) is 13.1 Å². The van der Waals surface area contributed by atoms with E-state index in [9.17, 15) is 8.42 Å². The van der Waals surface area contributed by atoms with Crippen LogP contribution < -0.4 is 4.72 Å². The van der Waals surface area contributed by atoms with E-state index in [0.29, 0.717) is 24.3 Å². The highest BCUT2D eigenvalue weighted by Crippen LogP contribution is 2.19. The standard InChI is InChI=1S/C13H17N3O2S/c14-11-12-7-3-4-8-13(12)15-19(17,18)16-9-5-1-2-6-10-16/h3-4,7-8,15H,1-2,5-6,9-10H2. The predicted octanol–water partition coefficient (Wildman–Crippen LogP) is 2.09. The van der Waals surface area contributed by atoms with Crippen molar-refractivity contribution < 1.29 is 8.42 Å². The van der Waals surface area contributed by atoms with Gasteiger partial charge in [-0.1, -0.05) is 25.0 Å². The summed E-state index contributed by atoms with van der Waals surface area (Å²) in [6.45, 7) is 1.09. The van der Waals surface area contributed by atoms with Gasteiger partial charge in [0.15, 0.2) is 0 Å². The molecule has 0 atom stereocenters. The number of rotatable bonds is 3. The van der Waals surface area contributed by atoms with Crippen LogP contribution in [0.3, 0.4) is 0 Å². The Hall–Kier alpha value is -1.58. The number of nitrogens with zero attached hydrogens (tertiary/aromatic N) is 2. The van der Waals surface area contributed by atoms with Crippen LogP contribution in [0.4, 0.5) is 5.69 Å². The molecule has 0 aliphatic carbocycles. The van der Waals surface area contributed by atoms with E-state index >= 15 is 0 Å². The van der Waals surface area contributed by atoms with Crippen LogP contribution in [0, 0.1) is 11.3 Å². The summed E-state index contributed by atoms with van der Waals surface area (Å²) in [5.41, 5.74) is 0.676. The number of para-hydroxylation sites is 1. The number of hydrogen-bond donors (Lipinski definition) is 1. The number of benzene rings is 1. The Morgan fingerprint density at radius 2 is 1.74 bits per heavy atom. The van der Waals surface area contributed by atoms with Crippen LogP contribution in [0.5, 0.6) is 0 Å². The van der Waals surface area contributed by atoms with Gasteiger partial charge in [0.2, 0.25) is 0 Å². The summed E-state index contributed by atoms with van der Waals surface area (Å²) in [7, 11) is -3.56. The molecule has 0 amide bonds. The van der Waals surface area contributed by atoms with Gasteiger partial charge in [0.1, 0.15) is 6.07 Å². The topological polar surface area (TPSA) is 73.2 Å². The number of nitrogens with one attached hydrogen (secondary N) is 1. The van der Waals surface area contributed by atoms with Crippen molar-refractivity contribution in [3.63, 3.8) is 0 Å². The van der Waals surface area contributed by atoms with Crippen LogP contribution in [0.15, 0.2) is 24.3 Å². The Balaban J connectivity index is 2.18.